The summed E-state index contributed by atoms with van der Waals surface area (Å²) in [5.41, 5.74) is 1.59. The first-order chi connectivity index (χ1) is 12.9. The molecule has 2 aromatic carbocycles. The Hall–Kier alpha value is -3.55. The van der Waals surface area contributed by atoms with Gasteiger partial charge in [0.25, 0.3) is 5.69 Å². The van der Waals surface area contributed by atoms with Crippen LogP contribution in [0.4, 0.5) is 10.1 Å². The average molecular weight is 370 g/mol. The molecule has 0 atom stereocenters. The molecule has 0 radical (unpaired) electrons. The maximum absolute atomic E-state index is 13.0. The number of nitrogens with zero attached hydrogens (tertiary/aromatic N) is 2. The van der Waals surface area contributed by atoms with E-state index in [0.717, 1.165) is 0 Å². The molecule has 0 saturated carbocycles. The van der Waals surface area contributed by atoms with E-state index in [1.165, 1.54) is 18.2 Å². The van der Waals surface area contributed by atoms with Crippen LogP contribution in [0.1, 0.15) is 27.2 Å². The standard InChI is InChI=1S/C19H15FN2O5/c1-11-4-3-5-15(17(11)22(24)25)19(23)26-10-16-12(2)18(27-21-16)13-6-8-14(20)9-7-13/h3-9H,10H2,1-2H3. The van der Waals surface area contributed by atoms with E-state index in [1.807, 2.05) is 0 Å². The molecule has 1 heterocycles. The Balaban J connectivity index is 1.78. The van der Waals surface area contributed by atoms with Gasteiger partial charge in [0.05, 0.1) is 4.92 Å². The molecule has 7 nitrogen and oxygen atoms in total. The Morgan fingerprint density at radius 2 is 1.93 bits per heavy atom. The van der Waals surface area contributed by atoms with Crippen molar-refractivity contribution >= 4 is 11.7 Å². The number of carbonyl (C=O) groups excluding carboxylic acids is 1. The third kappa shape index (κ3) is 3.69. The number of halogens is 1. The van der Waals surface area contributed by atoms with E-state index in [9.17, 15) is 19.3 Å². The van der Waals surface area contributed by atoms with Crippen LogP contribution in [0.15, 0.2) is 47.0 Å². The lowest BCUT2D eigenvalue weighted by Crippen LogP contribution is -2.09. The van der Waals surface area contributed by atoms with Crippen molar-refractivity contribution in [3.05, 3.63) is 80.8 Å². The number of ether oxygens (including phenoxy) is 1. The number of hydrogen-bond acceptors (Lipinski definition) is 6. The number of para-hydroxylation sites is 1. The lowest BCUT2D eigenvalue weighted by atomic mass is 10.1. The second kappa shape index (κ2) is 7.36. The summed E-state index contributed by atoms with van der Waals surface area (Å²) in [7, 11) is 0. The van der Waals surface area contributed by atoms with Crippen molar-refractivity contribution in [3.8, 4) is 11.3 Å². The molecule has 1 aromatic heterocycles. The number of carbonyl (C=O) groups is 1. The van der Waals surface area contributed by atoms with Gasteiger partial charge in [0.15, 0.2) is 5.76 Å². The summed E-state index contributed by atoms with van der Waals surface area (Å²) in [5, 5.41) is 15.1. The third-order valence-corrected chi connectivity index (χ3v) is 4.11. The number of rotatable bonds is 5. The fourth-order valence-electron chi connectivity index (χ4n) is 2.65. The highest BCUT2D eigenvalue weighted by molar-refractivity contribution is 5.94. The van der Waals surface area contributed by atoms with Crippen LogP contribution in [-0.2, 0) is 11.3 Å². The van der Waals surface area contributed by atoms with Crippen molar-refractivity contribution in [2.75, 3.05) is 0 Å². The number of nitro groups is 1. The molecule has 8 heteroatoms. The van der Waals surface area contributed by atoms with Gasteiger partial charge in [-0.05, 0) is 44.2 Å². The highest BCUT2D eigenvalue weighted by Crippen LogP contribution is 2.27. The molecular formula is C19H15FN2O5. The Kier molecular flexibility index (Phi) is 4.98. The van der Waals surface area contributed by atoms with Crippen LogP contribution in [0.25, 0.3) is 11.3 Å². The van der Waals surface area contributed by atoms with Crippen molar-refractivity contribution < 1.29 is 23.4 Å². The van der Waals surface area contributed by atoms with Crippen LogP contribution >= 0.6 is 0 Å². The SMILES string of the molecule is Cc1cccc(C(=O)OCc2noc(-c3ccc(F)cc3)c2C)c1[N+](=O)[O-]. The van der Waals surface area contributed by atoms with Crippen molar-refractivity contribution in [3.63, 3.8) is 0 Å². The zero-order chi connectivity index (χ0) is 19.6. The molecule has 0 bridgehead atoms. The van der Waals surface area contributed by atoms with Crippen LogP contribution in [-0.4, -0.2) is 16.0 Å². The minimum atomic E-state index is -0.823. The van der Waals surface area contributed by atoms with Gasteiger partial charge in [-0.15, -0.1) is 0 Å². The summed E-state index contributed by atoms with van der Waals surface area (Å²) in [6.45, 7) is 3.07. The second-order valence-corrected chi connectivity index (χ2v) is 5.89. The summed E-state index contributed by atoms with van der Waals surface area (Å²) in [6.07, 6.45) is 0. The monoisotopic (exact) mass is 370 g/mol. The molecule has 3 aromatic rings. The minimum absolute atomic E-state index is 0.125. The quantitative estimate of drug-likeness (QED) is 0.376. The Morgan fingerprint density at radius 3 is 2.59 bits per heavy atom. The van der Waals surface area contributed by atoms with E-state index < -0.39 is 10.9 Å². The summed E-state index contributed by atoms with van der Waals surface area (Å²) in [4.78, 5) is 22.9. The van der Waals surface area contributed by atoms with Gasteiger partial charge < -0.3 is 9.26 Å². The predicted molar refractivity (Wildman–Crippen MR) is 93.6 cm³/mol. The summed E-state index contributed by atoms with van der Waals surface area (Å²) < 4.78 is 23.5. The molecule has 3 rings (SSSR count). The van der Waals surface area contributed by atoms with Gasteiger partial charge in [-0.25, -0.2) is 9.18 Å². The first kappa shape index (κ1) is 18.2. The number of aryl methyl sites for hydroxylation is 1. The van der Waals surface area contributed by atoms with Crippen molar-refractivity contribution in [1.82, 2.24) is 5.16 Å². The predicted octanol–water partition coefficient (Wildman–Crippen LogP) is 4.36. The van der Waals surface area contributed by atoms with Gasteiger partial charge in [0.1, 0.15) is 23.7 Å². The van der Waals surface area contributed by atoms with E-state index in [2.05, 4.69) is 5.16 Å². The summed E-state index contributed by atoms with van der Waals surface area (Å²) in [5.74, 6) is -0.761. The third-order valence-electron chi connectivity index (χ3n) is 4.11. The lowest BCUT2D eigenvalue weighted by molar-refractivity contribution is -0.385. The van der Waals surface area contributed by atoms with Crippen LogP contribution in [0.3, 0.4) is 0 Å². The maximum Gasteiger partial charge on any atom is 0.345 e. The molecule has 138 valence electrons. The molecule has 0 spiro atoms. The van der Waals surface area contributed by atoms with E-state index in [-0.39, 0.29) is 23.7 Å². The first-order valence-corrected chi connectivity index (χ1v) is 8.00. The van der Waals surface area contributed by atoms with Gasteiger partial charge >= 0.3 is 5.97 Å². The zero-order valence-corrected chi connectivity index (χ0v) is 14.6. The summed E-state index contributed by atoms with van der Waals surface area (Å²) in [6, 6.07) is 10.1. The van der Waals surface area contributed by atoms with Crippen LogP contribution < -0.4 is 0 Å². The number of benzene rings is 2. The zero-order valence-electron chi connectivity index (χ0n) is 14.6. The first-order valence-electron chi connectivity index (χ1n) is 8.00. The molecule has 0 aliphatic carbocycles. The maximum atomic E-state index is 13.0. The molecule has 0 fully saturated rings. The molecule has 0 amide bonds. The van der Waals surface area contributed by atoms with E-state index in [0.29, 0.717) is 28.1 Å². The molecule has 0 N–H and O–H groups in total. The molecule has 27 heavy (non-hydrogen) atoms. The van der Waals surface area contributed by atoms with E-state index in [4.69, 9.17) is 9.26 Å². The fourth-order valence-corrected chi connectivity index (χ4v) is 2.65. The molecular weight excluding hydrogens is 355 g/mol. The highest BCUT2D eigenvalue weighted by atomic mass is 19.1. The van der Waals surface area contributed by atoms with Gasteiger partial charge in [-0.2, -0.15) is 0 Å². The fraction of sp³-hybridized carbons (Fsp3) is 0.158. The molecule has 0 aliphatic rings. The minimum Gasteiger partial charge on any atom is -0.455 e. The topological polar surface area (TPSA) is 95.5 Å². The lowest BCUT2D eigenvalue weighted by Gasteiger charge is -2.06. The summed E-state index contributed by atoms with van der Waals surface area (Å²) >= 11 is 0. The largest absolute Gasteiger partial charge is 0.455 e. The molecule has 0 aliphatic heterocycles. The average Bonchev–Trinajstić information content (AvgIpc) is 3.00. The van der Waals surface area contributed by atoms with Crippen molar-refractivity contribution in [2.45, 2.75) is 20.5 Å². The number of nitro benzene ring substituents is 1. The highest BCUT2D eigenvalue weighted by Gasteiger charge is 2.24. The number of esters is 1. The van der Waals surface area contributed by atoms with Crippen molar-refractivity contribution in [2.24, 2.45) is 0 Å². The second-order valence-electron chi connectivity index (χ2n) is 5.89. The number of hydrogen-bond donors (Lipinski definition) is 0. The van der Waals surface area contributed by atoms with Gasteiger partial charge in [0.2, 0.25) is 0 Å². The smallest absolute Gasteiger partial charge is 0.345 e. The molecule has 0 unspecified atom stereocenters. The van der Waals surface area contributed by atoms with Crippen LogP contribution in [0, 0.1) is 29.8 Å². The number of aromatic nitrogens is 1. The van der Waals surface area contributed by atoms with Gasteiger partial charge in [-0.1, -0.05) is 17.3 Å². The van der Waals surface area contributed by atoms with Gasteiger partial charge in [0, 0.05) is 16.7 Å². The normalized spacial score (nSPS) is 10.6. The van der Waals surface area contributed by atoms with E-state index in [1.54, 1.807) is 38.1 Å². The van der Waals surface area contributed by atoms with E-state index >= 15 is 0 Å². The van der Waals surface area contributed by atoms with Crippen molar-refractivity contribution in [1.29, 1.82) is 0 Å². The Labute approximate surface area is 153 Å². The van der Waals surface area contributed by atoms with Gasteiger partial charge in [-0.3, -0.25) is 10.1 Å². The van der Waals surface area contributed by atoms with Crippen LogP contribution in [0.2, 0.25) is 0 Å². The Morgan fingerprint density at radius 1 is 1.22 bits per heavy atom. The Bertz CT molecular complexity index is 1010. The van der Waals surface area contributed by atoms with Crippen LogP contribution in [0.5, 0.6) is 0 Å². The molecule has 0 saturated heterocycles.